The molecule has 1 rings (SSSR count). The Labute approximate surface area is 97.8 Å². The highest BCUT2D eigenvalue weighted by atomic mass is 16.5. The third-order valence-corrected chi connectivity index (χ3v) is 1.86. The second-order valence-electron chi connectivity index (χ2n) is 3.23. The summed E-state index contributed by atoms with van der Waals surface area (Å²) < 4.78 is 4.62. The highest BCUT2D eigenvalue weighted by Crippen LogP contribution is 2.20. The summed E-state index contributed by atoms with van der Waals surface area (Å²) in [7, 11) is 0. The van der Waals surface area contributed by atoms with Crippen molar-refractivity contribution >= 4 is 11.9 Å². The van der Waals surface area contributed by atoms with E-state index in [0.29, 0.717) is 0 Å². The molecule has 0 heterocycles. The van der Waals surface area contributed by atoms with Gasteiger partial charge in [-0.1, -0.05) is 0 Å². The Hall–Kier alpha value is -2.24. The number of phenolic OH excluding ortho intramolecular Hbond substituents is 2. The molecule has 0 spiro atoms. The lowest BCUT2D eigenvalue weighted by atomic mass is 10.2. The van der Waals surface area contributed by atoms with Crippen molar-refractivity contribution in [3.05, 3.63) is 23.8 Å². The molecule has 0 aliphatic rings. The van der Waals surface area contributed by atoms with Crippen LogP contribution in [0.4, 0.5) is 0 Å². The molecule has 0 aliphatic carbocycles. The van der Waals surface area contributed by atoms with Crippen LogP contribution in [-0.4, -0.2) is 35.2 Å². The Kier molecular flexibility index (Phi) is 4.33. The van der Waals surface area contributed by atoms with E-state index in [1.54, 1.807) is 6.92 Å². The van der Waals surface area contributed by atoms with Crippen molar-refractivity contribution in [1.82, 2.24) is 5.32 Å². The van der Waals surface area contributed by atoms with Gasteiger partial charge in [0, 0.05) is 11.6 Å². The average molecular weight is 239 g/mol. The number of esters is 1. The molecule has 1 aromatic carbocycles. The second-order valence-corrected chi connectivity index (χ2v) is 3.23. The number of amides is 1. The van der Waals surface area contributed by atoms with Crippen molar-refractivity contribution < 1.29 is 24.5 Å². The van der Waals surface area contributed by atoms with Gasteiger partial charge in [0.2, 0.25) is 0 Å². The Balaban J connectivity index is 2.61. The van der Waals surface area contributed by atoms with Gasteiger partial charge < -0.3 is 20.3 Å². The number of aromatic hydroxyl groups is 2. The number of carbonyl (C=O) groups excluding carboxylic acids is 2. The van der Waals surface area contributed by atoms with Gasteiger partial charge in [0.15, 0.2) is 0 Å². The zero-order valence-corrected chi connectivity index (χ0v) is 9.27. The molecule has 0 saturated carbocycles. The summed E-state index contributed by atoms with van der Waals surface area (Å²) in [5, 5.41) is 20.6. The van der Waals surface area contributed by atoms with Crippen LogP contribution < -0.4 is 5.32 Å². The Morgan fingerprint density at radius 3 is 2.35 bits per heavy atom. The lowest BCUT2D eigenvalue weighted by molar-refractivity contribution is -0.141. The van der Waals surface area contributed by atoms with E-state index in [0.717, 1.165) is 6.07 Å². The molecule has 3 N–H and O–H groups in total. The standard InChI is InChI=1S/C11H13NO5/c1-2-17-10(15)6-12-11(16)7-3-8(13)5-9(14)4-7/h3-5,13-14H,2,6H2,1H3,(H,12,16). The van der Waals surface area contributed by atoms with E-state index < -0.39 is 11.9 Å². The molecule has 0 atom stereocenters. The summed E-state index contributed by atoms with van der Waals surface area (Å²) in [6.45, 7) is 1.64. The van der Waals surface area contributed by atoms with Crippen molar-refractivity contribution in [3.8, 4) is 11.5 Å². The zero-order valence-electron chi connectivity index (χ0n) is 9.27. The Morgan fingerprint density at radius 1 is 1.24 bits per heavy atom. The van der Waals surface area contributed by atoms with Crippen LogP contribution in [0.15, 0.2) is 18.2 Å². The van der Waals surface area contributed by atoms with E-state index in [1.165, 1.54) is 12.1 Å². The molecule has 17 heavy (non-hydrogen) atoms. The van der Waals surface area contributed by atoms with Crippen molar-refractivity contribution in [2.45, 2.75) is 6.92 Å². The molecular formula is C11H13NO5. The number of hydrogen-bond acceptors (Lipinski definition) is 5. The number of ether oxygens (including phenoxy) is 1. The van der Waals surface area contributed by atoms with E-state index in [-0.39, 0.29) is 30.2 Å². The lowest BCUT2D eigenvalue weighted by Gasteiger charge is -2.05. The van der Waals surface area contributed by atoms with Crippen molar-refractivity contribution in [2.75, 3.05) is 13.2 Å². The highest BCUT2D eigenvalue weighted by Gasteiger charge is 2.10. The monoisotopic (exact) mass is 239 g/mol. The first-order valence-electron chi connectivity index (χ1n) is 4.99. The largest absolute Gasteiger partial charge is 0.508 e. The lowest BCUT2D eigenvalue weighted by Crippen LogP contribution is -2.30. The third kappa shape index (κ3) is 4.02. The fraction of sp³-hybridized carbons (Fsp3) is 0.273. The van der Waals surface area contributed by atoms with E-state index in [4.69, 9.17) is 0 Å². The molecule has 92 valence electrons. The molecule has 0 fully saturated rings. The van der Waals surface area contributed by atoms with Crippen molar-refractivity contribution in [1.29, 1.82) is 0 Å². The summed E-state index contributed by atoms with van der Waals surface area (Å²) in [5.74, 6) is -1.59. The molecule has 0 saturated heterocycles. The fourth-order valence-electron chi connectivity index (χ4n) is 1.19. The topological polar surface area (TPSA) is 95.9 Å². The third-order valence-electron chi connectivity index (χ3n) is 1.86. The summed E-state index contributed by atoms with van der Waals surface area (Å²) in [5.41, 5.74) is 0.0619. The van der Waals surface area contributed by atoms with Crippen LogP contribution in [0.2, 0.25) is 0 Å². The van der Waals surface area contributed by atoms with Crippen LogP contribution >= 0.6 is 0 Å². The summed E-state index contributed by atoms with van der Waals surface area (Å²) in [4.78, 5) is 22.5. The molecule has 6 heteroatoms. The smallest absolute Gasteiger partial charge is 0.325 e. The SMILES string of the molecule is CCOC(=O)CNC(=O)c1cc(O)cc(O)c1. The van der Waals surface area contributed by atoms with E-state index >= 15 is 0 Å². The van der Waals surface area contributed by atoms with Crippen LogP contribution in [0, 0.1) is 0 Å². The molecule has 6 nitrogen and oxygen atoms in total. The number of nitrogens with one attached hydrogen (secondary N) is 1. The van der Waals surface area contributed by atoms with Gasteiger partial charge in [0.05, 0.1) is 6.61 Å². The highest BCUT2D eigenvalue weighted by molar-refractivity contribution is 5.96. The van der Waals surface area contributed by atoms with Crippen LogP contribution in [0.1, 0.15) is 17.3 Å². The zero-order chi connectivity index (χ0) is 12.8. The minimum absolute atomic E-state index is 0.0619. The van der Waals surface area contributed by atoms with Gasteiger partial charge in [-0.3, -0.25) is 9.59 Å². The minimum atomic E-state index is -0.579. The van der Waals surface area contributed by atoms with Crippen LogP contribution in [0.5, 0.6) is 11.5 Å². The maximum atomic E-state index is 11.5. The number of carbonyl (C=O) groups is 2. The summed E-state index contributed by atoms with van der Waals surface area (Å²) in [6.07, 6.45) is 0. The number of benzene rings is 1. The van der Waals surface area contributed by atoms with Gasteiger partial charge in [0.1, 0.15) is 18.0 Å². The molecule has 0 aliphatic heterocycles. The molecular weight excluding hydrogens is 226 g/mol. The van der Waals surface area contributed by atoms with E-state index in [9.17, 15) is 19.8 Å². The van der Waals surface area contributed by atoms with E-state index in [2.05, 4.69) is 10.1 Å². The molecule has 0 aromatic heterocycles. The van der Waals surface area contributed by atoms with Gasteiger partial charge >= 0.3 is 5.97 Å². The maximum absolute atomic E-state index is 11.5. The maximum Gasteiger partial charge on any atom is 0.325 e. The van der Waals surface area contributed by atoms with E-state index in [1.807, 2.05) is 0 Å². The quantitative estimate of drug-likeness (QED) is 0.660. The molecule has 1 aromatic rings. The molecule has 0 radical (unpaired) electrons. The van der Waals surface area contributed by atoms with Gasteiger partial charge in [0.25, 0.3) is 5.91 Å². The minimum Gasteiger partial charge on any atom is -0.508 e. The second kappa shape index (κ2) is 5.74. The fourth-order valence-corrected chi connectivity index (χ4v) is 1.19. The van der Waals surface area contributed by atoms with Crippen LogP contribution in [0.25, 0.3) is 0 Å². The molecule has 0 unspecified atom stereocenters. The Morgan fingerprint density at radius 2 is 1.82 bits per heavy atom. The normalized spacial score (nSPS) is 9.71. The van der Waals surface area contributed by atoms with Crippen LogP contribution in [0.3, 0.4) is 0 Å². The molecule has 0 bridgehead atoms. The van der Waals surface area contributed by atoms with Gasteiger partial charge in [-0.25, -0.2) is 0 Å². The molecule has 1 amide bonds. The first-order valence-corrected chi connectivity index (χ1v) is 4.99. The van der Waals surface area contributed by atoms with Crippen molar-refractivity contribution in [3.63, 3.8) is 0 Å². The predicted molar refractivity (Wildman–Crippen MR) is 58.7 cm³/mol. The first kappa shape index (κ1) is 12.8. The van der Waals surface area contributed by atoms with Crippen molar-refractivity contribution in [2.24, 2.45) is 0 Å². The number of phenols is 2. The summed E-state index contributed by atoms with van der Waals surface area (Å²) >= 11 is 0. The van der Waals surface area contributed by atoms with Gasteiger partial charge in [-0.05, 0) is 19.1 Å². The van der Waals surface area contributed by atoms with Crippen LogP contribution in [-0.2, 0) is 9.53 Å². The average Bonchev–Trinajstić information content (AvgIpc) is 2.25. The Bertz CT molecular complexity index is 410. The first-order chi connectivity index (χ1) is 8.02. The number of hydrogen-bond donors (Lipinski definition) is 3. The predicted octanol–water partition coefficient (Wildman–Crippen LogP) is 0.391. The summed E-state index contributed by atoms with van der Waals surface area (Å²) in [6, 6.07) is 3.46. The number of rotatable bonds is 4. The van der Waals surface area contributed by atoms with Gasteiger partial charge in [-0.2, -0.15) is 0 Å². The van der Waals surface area contributed by atoms with Gasteiger partial charge in [-0.15, -0.1) is 0 Å².